The number of hydrogen-bond donors (Lipinski definition) is 1. The Labute approximate surface area is 165 Å². The zero-order valence-corrected chi connectivity index (χ0v) is 17.7. The first-order valence-corrected chi connectivity index (χ1v) is 11.0. The van der Waals surface area contributed by atoms with Crippen molar-refractivity contribution in [2.45, 2.75) is 104 Å². The number of carbonyl (C=O) groups is 2. The van der Waals surface area contributed by atoms with Gasteiger partial charge in [-0.25, -0.2) is 0 Å². The number of Topliss-reactive ketones (excluding diaryl/α,β-unsaturated/α-hetero) is 1. The maximum absolute atomic E-state index is 11.7. The highest BCUT2D eigenvalue weighted by Gasteiger charge is 2.24. The van der Waals surface area contributed by atoms with Crippen LogP contribution in [-0.4, -0.2) is 37.1 Å². The summed E-state index contributed by atoms with van der Waals surface area (Å²) in [5.74, 6) is 0.942. The molecule has 1 unspecified atom stereocenters. The first kappa shape index (κ1) is 24.1. The van der Waals surface area contributed by atoms with Crippen LogP contribution in [0.15, 0.2) is 0 Å². The molecule has 2 aliphatic carbocycles. The maximum atomic E-state index is 11.7. The Balaban J connectivity index is 0.000000277. The lowest BCUT2D eigenvalue weighted by atomic mass is 9.81. The van der Waals surface area contributed by atoms with Crippen LogP contribution in [0.25, 0.3) is 0 Å². The first-order chi connectivity index (χ1) is 13.0. The molecule has 1 atom stereocenters. The van der Waals surface area contributed by atoms with Crippen LogP contribution >= 0.6 is 0 Å². The van der Waals surface area contributed by atoms with E-state index in [-0.39, 0.29) is 5.91 Å². The van der Waals surface area contributed by atoms with Crippen LogP contribution in [0, 0.1) is 11.8 Å². The van der Waals surface area contributed by atoms with E-state index in [1.165, 1.54) is 19.3 Å². The van der Waals surface area contributed by atoms with Crippen molar-refractivity contribution in [2.24, 2.45) is 17.6 Å². The molecular formula is C22H41NO4. The second kappa shape index (κ2) is 14.1. The van der Waals surface area contributed by atoms with Crippen molar-refractivity contribution < 1.29 is 19.1 Å². The predicted octanol–water partition coefficient (Wildman–Crippen LogP) is 4.41. The van der Waals surface area contributed by atoms with E-state index < -0.39 is 0 Å². The van der Waals surface area contributed by atoms with Crippen molar-refractivity contribution in [1.82, 2.24) is 0 Å². The Morgan fingerprint density at radius 3 is 1.96 bits per heavy atom. The Bertz CT molecular complexity index is 413. The summed E-state index contributed by atoms with van der Waals surface area (Å²) in [5.41, 5.74) is 5.03. The summed E-state index contributed by atoms with van der Waals surface area (Å²) in [4.78, 5) is 22.2. The molecule has 2 saturated carbocycles. The van der Waals surface area contributed by atoms with Gasteiger partial charge in [0.05, 0.1) is 18.8 Å². The molecule has 5 nitrogen and oxygen atoms in total. The number of nitrogens with two attached hydrogens (primary N) is 1. The van der Waals surface area contributed by atoms with Crippen LogP contribution in [0.4, 0.5) is 0 Å². The third-order valence-corrected chi connectivity index (χ3v) is 5.83. The minimum absolute atomic E-state index is 0.293. The number of primary amides is 1. The average Bonchev–Trinajstić information content (AvgIpc) is 2.69. The number of ether oxygens (including phenoxy) is 2. The zero-order valence-electron chi connectivity index (χ0n) is 17.7. The number of ketones is 1. The molecule has 1 amide bonds. The lowest BCUT2D eigenvalue weighted by Gasteiger charge is -2.28. The molecule has 0 aromatic carbocycles. The van der Waals surface area contributed by atoms with E-state index in [0.717, 1.165) is 51.6 Å². The number of carbonyl (C=O) groups excluding carboxylic acids is 2. The van der Waals surface area contributed by atoms with Gasteiger partial charge in [-0.15, -0.1) is 0 Å². The largest absolute Gasteiger partial charge is 0.379 e. The molecule has 2 fully saturated rings. The SMILES string of the molecule is CCC(C)C(=O)C1CCCCC1.CCOC1CCC(OCCC(N)=O)CC1. The van der Waals surface area contributed by atoms with Gasteiger partial charge >= 0.3 is 0 Å². The molecule has 158 valence electrons. The third-order valence-electron chi connectivity index (χ3n) is 5.83. The monoisotopic (exact) mass is 383 g/mol. The van der Waals surface area contributed by atoms with Crippen molar-refractivity contribution in [2.75, 3.05) is 13.2 Å². The van der Waals surface area contributed by atoms with Crippen molar-refractivity contribution in [3.63, 3.8) is 0 Å². The topological polar surface area (TPSA) is 78.6 Å². The minimum Gasteiger partial charge on any atom is -0.379 e. The van der Waals surface area contributed by atoms with Gasteiger partial charge in [-0.05, 0) is 51.9 Å². The van der Waals surface area contributed by atoms with E-state index in [4.69, 9.17) is 15.2 Å². The van der Waals surface area contributed by atoms with Crippen LogP contribution < -0.4 is 5.73 Å². The second-order valence-electron chi connectivity index (χ2n) is 7.99. The quantitative estimate of drug-likeness (QED) is 0.640. The summed E-state index contributed by atoms with van der Waals surface area (Å²) in [6.07, 6.45) is 12.4. The summed E-state index contributed by atoms with van der Waals surface area (Å²) in [7, 11) is 0. The van der Waals surface area contributed by atoms with Gasteiger partial charge in [-0.1, -0.05) is 33.1 Å². The molecule has 2 N–H and O–H groups in total. The van der Waals surface area contributed by atoms with Gasteiger partial charge in [0.25, 0.3) is 0 Å². The fraction of sp³-hybridized carbons (Fsp3) is 0.909. The van der Waals surface area contributed by atoms with Crippen molar-refractivity contribution >= 4 is 11.7 Å². The summed E-state index contributed by atoms with van der Waals surface area (Å²) in [6.45, 7) is 7.44. The van der Waals surface area contributed by atoms with Gasteiger partial charge in [0, 0.05) is 24.9 Å². The van der Waals surface area contributed by atoms with E-state index in [1.54, 1.807) is 0 Å². The normalized spacial score (nSPS) is 24.6. The number of amides is 1. The van der Waals surface area contributed by atoms with Gasteiger partial charge in [0.2, 0.25) is 5.91 Å². The fourth-order valence-corrected chi connectivity index (χ4v) is 3.92. The van der Waals surface area contributed by atoms with E-state index in [9.17, 15) is 9.59 Å². The summed E-state index contributed by atoms with van der Waals surface area (Å²) >= 11 is 0. The number of rotatable bonds is 9. The smallest absolute Gasteiger partial charge is 0.219 e. The van der Waals surface area contributed by atoms with Crippen molar-refractivity contribution in [3.05, 3.63) is 0 Å². The Hall–Kier alpha value is -0.940. The Morgan fingerprint density at radius 1 is 0.926 bits per heavy atom. The highest BCUT2D eigenvalue weighted by Crippen LogP contribution is 2.27. The van der Waals surface area contributed by atoms with E-state index in [1.807, 2.05) is 6.92 Å². The Kier molecular flexibility index (Phi) is 12.6. The predicted molar refractivity (Wildman–Crippen MR) is 108 cm³/mol. The van der Waals surface area contributed by atoms with Gasteiger partial charge in [0.15, 0.2) is 0 Å². The lowest BCUT2D eigenvalue weighted by Crippen LogP contribution is -2.27. The molecule has 0 bridgehead atoms. The molecule has 0 aromatic heterocycles. The molecule has 2 aliphatic rings. The second-order valence-corrected chi connectivity index (χ2v) is 7.99. The molecule has 27 heavy (non-hydrogen) atoms. The van der Waals surface area contributed by atoms with Crippen molar-refractivity contribution in [3.8, 4) is 0 Å². The molecule has 0 radical (unpaired) electrons. The molecule has 0 heterocycles. The standard InChI is InChI=1S/C11H21NO3.C11H20O/c1-2-14-9-3-5-10(6-4-9)15-8-7-11(12)13;1-3-9(2)11(12)10-7-5-4-6-8-10/h9-10H,2-8H2,1H3,(H2,12,13);9-10H,3-8H2,1-2H3. The zero-order chi connectivity index (χ0) is 20.1. The molecule has 0 aliphatic heterocycles. The van der Waals surface area contributed by atoms with E-state index in [2.05, 4.69) is 13.8 Å². The molecule has 5 heteroatoms. The number of hydrogen-bond acceptors (Lipinski definition) is 4. The molecule has 0 aromatic rings. The van der Waals surface area contributed by atoms with Crippen LogP contribution in [-0.2, 0) is 19.1 Å². The van der Waals surface area contributed by atoms with Gasteiger partial charge in [-0.2, -0.15) is 0 Å². The van der Waals surface area contributed by atoms with E-state index >= 15 is 0 Å². The third kappa shape index (κ3) is 10.2. The highest BCUT2D eigenvalue weighted by atomic mass is 16.5. The van der Waals surface area contributed by atoms with Crippen LogP contribution in [0.3, 0.4) is 0 Å². The first-order valence-electron chi connectivity index (χ1n) is 11.0. The van der Waals surface area contributed by atoms with Crippen LogP contribution in [0.5, 0.6) is 0 Å². The maximum Gasteiger partial charge on any atom is 0.219 e. The molecule has 0 spiro atoms. The average molecular weight is 384 g/mol. The summed E-state index contributed by atoms with van der Waals surface area (Å²) < 4.78 is 11.1. The fourth-order valence-electron chi connectivity index (χ4n) is 3.92. The van der Waals surface area contributed by atoms with Crippen LogP contribution in [0.1, 0.15) is 91.4 Å². The highest BCUT2D eigenvalue weighted by molar-refractivity contribution is 5.83. The summed E-state index contributed by atoms with van der Waals surface area (Å²) in [6, 6.07) is 0. The molecular weight excluding hydrogens is 342 g/mol. The lowest BCUT2D eigenvalue weighted by molar-refractivity contribution is -0.127. The van der Waals surface area contributed by atoms with Crippen LogP contribution in [0.2, 0.25) is 0 Å². The Morgan fingerprint density at radius 2 is 1.48 bits per heavy atom. The summed E-state index contributed by atoms with van der Waals surface area (Å²) in [5, 5.41) is 0. The van der Waals surface area contributed by atoms with Gasteiger partial charge < -0.3 is 15.2 Å². The van der Waals surface area contributed by atoms with E-state index in [0.29, 0.717) is 42.9 Å². The van der Waals surface area contributed by atoms with Gasteiger partial charge in [0.1, 0.15) is 5.78 Å². The van der Waals surface area contributed by atoms with Gasteiger partial charge in [-0.3, -0.25) is 9.59 Å². The minimum atomic E-state index is -0.294. The molecule has 0 saturated heterocycles. The van der Waals surface area contributed by atoms with Crippen molar-refractivity contribution in [1.29, 1.82) is 0 Å². The molecule has 2 rings (SSSR count).